The van der Waals surface area contributed by atoms with Crippen molar-refractivity contribution in [3.05, 3.63) is 28.2 Å². The van der Waals surface area contributed by atoms with Crippen LogP contribution >= 0.6 is 35.0 Å². The fourth-order valence-electron chi connectivity index (χ4n) is 1.17. The molecule has 1 rings (SSSR count). The maximum Gasteiger partial charge on any atom is 0.0867 e. The van der Waals surface area contributed by atoms with Gasteiger partial charge in [0.1, 0.15) is 0 Å². The van der Waals surface area contributed by atoms with Crippen LogP contribution in [0.25, 0.3) is 0 Å². The van der Waals surface area contributed by atoms with Crippen molar-refractivity contribution in [1.82, 2.24) is 0 Å². The Morgan fingerprint density at radius 3 is 2.72 bits per heavy atom. The standard InChI is InChI=1S/C12H16Cl2O3S/c1-16-4-5-17-7-9(15)8-18-10-2-3-11(13)12(14)6-10/h2-3,6,9,15H,4-5,7-8H2,1H3. The van der Waals surface area contributed by atoms with Crippen molar-refractivity contribution < 1.29 is 14.6 Å². The lowest BCUT2D eigenvalue weighted by atomic mass is 10.4. The van der Waals surface area contributed by atoms with Crippen LogP contribution < -0.4 is 0 Å². The van der Waals surface area contributed by atoms with Gasteiger partial charge in [-0.05, 0) is 18.2 Å². The summed E-state index contributed by atoms with van der Waals surface area (Å²) in [5.74, 6) is 0.547. The molecular weight excluding hydrogens is 295 g/mol. The number of hydrogen-bond donors (Lipinski definition) is 1. The van der Waals surface area contributed by atoms with E-state index in [2.05, 4.69) is 0 Å². The van der Waals surface area contributed by atoms with E-state index in [0.717, 1.165) is 4.90 Å². The van der Waals surface area contributed by atoms with Gasteiger partial charge in [-0.1, -0.05) is 23.2 Å². The molecule has 1 aromatic rings. The molecule has 102 valence electrons. The zero-order chi connectivity index (χ0) is 13.4. The second kappa shape index (κ2) is 9.02. The molecule has 1 aromatic carbocycles. The van der Waals surface area contributed by atoms with Crippen LogP contribution in [0, 0.1) is 0 Å². The van der Waals surface area contributed by atoms with Gasteiger partial charge in [0.15, 0.2) is 0 Å². The Balaban J connectivity index is 2.24. The van der Waals surface area contributed by atoms with Gasteiger partial charge in [-0.25, -0.2) is 0 Å². The predicted molar refractivity (Wildman–Crippen MR) is 75.9 cm³/mol. The second-order valence-corrected chi connectivity index (χ2v) is 5.52. The summed E-state index contributed by atoms with van der Waals surface area (Å²) in [6.07, 6.45) is -0.513. The summed E-state index contributed by atoms with van der Waals surface area (Å²) in [4.78, 5) is 0.973. The molecule has 0 radical (unpaired) electrons. The molecule has 3 nitrogen and oxygen atoms in total. The van der Waals surface area contributed by atoms with E-state index in [1.165, 1.54) is 11.8 Å². The molecule has 6 heteroatoms. The largest absolute Gasteiger partial charge is 0.390 e. The number of ether oxygens (including phenoxy) is 2. The van der Waals surface area contributed by atoms with Gasteiger partial charge in [0.2, 0.25) is 0 Å². The van der Waals surface area contributed by atoms with Gasteiger partial charge < -0.3 is 14.6 Å². The molecule has 0 aliphatic heterocycles. The second-order valence-electron chi connectivity index (χ2n) is 3.61. The Kier molecular flexibility index (Phi) is 8.06. The molecule has 0 bridgehead atoms. The first-order valence-electron chi connectivity index (χ1n) is 5.46. The fourth-order valence-corrected chi connectivity index (χ4v) is 2.38. The number of hydrogen-bond acceptors (Lipinski definition) is 4. The summed E-state index contributed by atoms with van der Waals surface area (Å²) in [5.41, 5.74) is 0. The van der Waals surface area contributed by atoms with Gasteiger partial charge >= 0.3 is 0 Å². The minimum atomic E-state index is -0.513. The highest BCUT2D eigenvalue weighted by Crippen LogP contribution is 2.28. The summed E-state index contributed by atoms with van der Waals surface area (Å²) in [6.45, 7) is 1.33. The topological polar surface area (TPSA) is 38.7 Å². The van der Waals surface area contributed by atoms with Crippen molar-refractivity contribution in [3.63, 3.8) is 0 Å². The van der Waals surface area contributed by atoms with Crippen molar-refractivity contribution in [2.24, 2.45) is 0 Å². The molecule has 0 aliphatic rings. The number of benzene rings is 1. The van der Waals surface area contributed by atoms with E-state index in [9.17, 15) is 5.11 Å². The third-order valence-electron chi connectivity index (χ3n) is 2.08. The van der Waals surface area contributed by atoms with Gasteiger partial charge in [0.25, 0.3) is 0 Å². The molecule has 0 saturated heterocycles. The van der Waals surface area contributed by atoms with Gasteiger partial charge in [0.05, 0.1) is 36.0 Å². The van der Waals surface area contributed by atoms with E-state index in [0.29, 0.717) is 35.6 Å². The molecular formula is C12H16Cl2O3S. The van der Waals surface area contributed by atoms with E-state index in [-0.39, 0.29) is 0 Å². The first-order valence-corrected chi connectivity index (χ1v) is 7.20. The highest BCUT2D eigenvalue weighted by atomic mass is 35.5. The van der Waals surface area contributed by atoms with Crippen molar-refractivity contribution >= 4 is 35.0 Å². The van der Waals surface area contributed by atoms with Crippen LogP contribution in [0.3, 0.4) is 0 Å². The van der Waals surface area contributed by atoms with Gasteiger partial charge in [-0.15, -0.1) is 11.8 Å². The number of thioether (sulfide) groups is 1. The molecule has 0 spiro atoms. The van der Waals surface area contributed by atoms with Crippen LogP contribution in [0.5, 0.6) is 0 Å². The number of aliphatic hydroxyl groups excluding tert-OH is 1. The summed E-state index contributed by atoms with van der Waals surface area (Å²) >= 11 is 13.2. The highest BCUT2D eigenvalue weighted by molar-refractivity contribution is 7.99. The number of halogens is 2. The molecule has 0 aromatic heterocycles. The van der Waals surface area contributed by atoms with Crippen LogP contribution in [0.4, 0.5) is 0 Å². The average Bonchev–Trinajstić information content (AvgIpc) is 2.36. The number of aliphatic hydroxyl groups is 1. The lowest BCUT2D eigenvalue weighted by molar-refractivity contribution is 0.0218. The first kappa shape index (κ1) is 16.1. The molecule has 0 heterocycles. The van der Waals surface area contributed by atoms with Crippen LogP contribution in [0.2, 0.25) is 10.0 Å². The molecule has 0 aliphatic carbocycles. The average molecular weight is 311 g/mol. The fraction of sp³-hybridized carbons (Fsp3) is 0.500. The zero-order valence-electron chi connectivity index (χ0n) is 10.1. The minimum Gasteiger partial charge on any atom is -0.390 e. The number of methoxy groups -OCH3 is 1. The Morgan fingerprint density at radius 1 is 1.28 bits per heavy atom. The van der Waals surface area contributed by atoms with E-state index in [4.69, 9.17) is 32.7 Å². The summed E-state index contributed by atoms with van der Waals surface area (Å²) < 4.78 is 10.1. The Bertz CT molecular complexity index is 363. The summed E-state index contributed by atoms with van der Waals surface area (Å²) in [5, 5.41) is 10.7. The van der Waals surface area contributed by atoms with Crippen LogP contribution in [0.1, 0.15) is 0 Å². The van der Waals surface area contributed by atoms with Gasteiger partial charge in [0, 0.05) is 17.8 Å². The maximum atomic E-state index is 9.69. The Hall–Kier alpha value is 0.0300. The van der Waals surface area contributed by atoms with Crippen molar-refractivity contribution in [2.75, 3.05) is 32.7 Å². The predicted octanol–water partition coefficient (Wildman–Crippen LogP) is 3.11. The zero-order valence-corrected chi connectivity index (χ0v) is 12.4. The van der Waals surface area contributed by atoms with E-state index >= 15 is 0 Å². The summed E-state index contributed by atoms with van der Waals surface area (Å²) in [6, 6.07) is 5.40. The molecule has 0 saturated carbocycles. The molecule has 18 heavy (non-hydrogen) atoms. The maximum absolute atomic E-state index is 9.69. The Morgan fingerprint density at radius 2 is 2.06 bits per heavy atom. The third-order valence-corrected chi connectivity index (χ3v) is 3.95. The molecule has 1 atom stereocenters. The SMILES string of the molecule is COCCOCC(O)CSc1ccc(Cl)c(Cl)c1. The first-order chi connectivity index (χ1) is 8.63. The number of rotatable bonds is 8. The van der Waals surface area contributed by atoms with E-state index in [1.54, 1.807) is 19.2 Å². The van der Waals surface area contributed by atoms with Crippen LogP contribution in [-0.4, -0.2) is 43.9 Å². The van der Waals surface area contributed by atoms with Crippen molar-refractivity contribution in [2.45, 2.75) is 11.0 Å². The molecule has 0 fully saturated rings. The van der Waals surface area contributed by atoms with E-state index < -0.39 is 6.10 Å². The van der Waals surface area contributed by atoms with Crippen LogP contribution in [0.15, 0.2) is 23.1 Å². The summed E-state index contributed by atoms with van der Waals surface area (Å²) in [7, 11) is 1.61. The lowest BCUT2D eigenvalue weighted by Crippen LogP contribution is -2.19. The smallest absolute Gasteiger partial charge is 0.0867 e. The minimum absolute atomic E-state index is 0.303. The van der Waals surface area contributed by atoms with Crippen molar-refractivity contribution in [1.29, 1.82) is 0 Å². The van der Waals surface area contributed by atoms with E-state index in [1.807, 2.05) is 6.07 Å². The molecule has 1 N–H and O–H groups in total. The van der Waals surface area contributed by atoms with Gasteiger partial charge in [-0.3, -0.25) is 0 Å². The highest BCUT2D eigenvalue weighted by Gasteiger charge is 2.06. The molecule has 0 amide bonds. The Labute approximate surface area is 121 Å². The monoisotopic (exact) mass is 310 g/mol. The lowest BCUT2D eigenvalue weighted by Gasteiger charge is -2.11. The van der Waals surface area contributed by atoms with Gasteiger partial charge in [-0.2, -0.15) is 0 Å². The molecule has 1 unspecified atom stereocenters. The quantitative estimate of drug-likeness (QED) is 0.591. The van der Waals surface area contributed by atoms with Crippen LogP contribution in [-0.2, 0) is 9.47 Å². The normalized spacial score (nSPS) is 12.7. The van der Waals surface area contributed by atoms with Crippen molar-refractivity contribution in [3.8, 4) is 0 Å². The third kappa shape index (κ3) is 6.27.